The molecular weight excluding hydrogens is 535 g/mol. The lowest BCUT2D eigenvalue weighted by atomic mass is 10.1. The van der Waals surface area contributed by atoms with Crippen LogP contribution in [-0.2, 0) is 43.0 Å². The Balaban J connectivity index is 1.88. The van der Waals surface area contributed by atoms with Crippen molar-refractivity contribution in [2.75, 3.05) is 17.5 Å². The van der Waals surface area contributed by atoms with Crippen molar-refractivity contribution in [2.24, 2.45) is 0 Å². The second-order valence-corrected chi connectivity index (χ2v) is 12.7. The fourth-order valence-corrected chi connectivity index (χ4v) is 7.52. The summed E-state index contributed by atoms with van der Waals surface area (Å²) in [4.78, 5) is 0.0693. The molecule has 0 bridgehead atoms. The minimum absolute atomic E-state index is 0.0359. The summed E-state index contributed by atoms with van der Waals surface area (Å²) in [7, 11) is -8.18. The Morgan fingerprint density at radius 1 is 0.821 bits per heavy atom. The van der Waals surface area contributed by atoms with Crippen molar-refractivity contribution in [3.63, 3.8) is 0 Å². The summed E-state index contributed by atoms with van der Waals surface area (Å²) in [5, 5.41) is 4.27. The van der Waals surface area contributed by atoms with E-state index in [1.807, 2.05) is 67.6 Å². The molecule has 4 rings (SSSR count). The molecule has 0 radical (unpaired) electrons. The largest absolute Gasteiger partial charge is 0.368 e. The number of hydrogen-bond donors (Lipinski definition) is 0. The maximum atomic E-state index is 14.2. The van der Waals surface area contributed by atoms with E-state index in [2.05, 4.69) is 5.16 Å². The Labute approximate surface area is 230 Å². The van der Waals surface area contributed by atoms with E-state index in [1.165, 1.54) is 0 Å². The van der Waals surface area contributed by atoms with Crippen LogP contribution < -0.4 is 9.61 Å². The highest BCUT2D eigenvalue weighted by atomic mass is 32.2. The van der Waals surface area contributed by atoms with Crippen molar-refractivity contribution in [2.45, 2.75) is 45.1 Å². The number of sulfonamides is 1. The highest BCUT2D eigenvalue weighted by Gasteiger charge is 2.42. The first-order chi connectivity index (χ1) is 18.8. The zero-order chi connectivity index (χ0) is 27.9. The molecule has 0 atom stereocenters. The summed E-state index contributed by atoms with van der Waals surface area (Å²) < 4.78 is 60.7. The fraction of sp³-hybridized carbons (Fsp3) is 0.276. The van der Waals surface area contributed by atoms with Gasteiger partial charge in [-0.1, -0.05) is 83.5 Å². The van der Waals surface area contributed by atoms with Gasteiger partial charge in [0.2, 0.25) is 0 Å². The maximum Gasteiger partial charge on any atom is 0.368 e. The van der Waals surface area contributed by atoms with Gasteiger partial charge in [0.15, 0.2) is 5.30 Å². The van der Waals surface area contributed by atoms with Crippen LogP contribution in [0.15, 0.2) is 94.3 Å². The first-order valence-electron chi connectivity index (χ1n) is 12.8. The maximum absolute atomic E-state index is 14.2. The van der Waals surface area contributed by atoms with Crippen LogP contribution in [0.1, 0.15) is 36.2 Å². The molecule has 39 heavy (non-hydrogen) atoms. The lowest BCUT2D eigenvalue weighted by Gasteiger charge is -2.25. The van der Waals surface area contributed by atoms with E-state index in [4.69, 9.17) is 13.6 Å². The van der Waals surface area contributed by atoms with E-state index in [0.29, 0.717) is 24.1 Å². The summed E-state index contributed by atoms with van der Waals surface area (Å²) >= 11 is 0. The zero-order valence-corrected chi connectivity index (χ0v) is 24.0. The van der Waals surface area contributed by atoms with Gasteiger partial charge < -0.3 is 13.6 Å². The summed E-state index contributed by atoms with van der Waals surface area (Å²) in [6, 6.07) is 25.4. The highest BCUT2D eigenvalue weighted by Crippen LogP contribution is 2.51. The smallest absolute Gasteiger partial charge is 0.336 e. The summed E-state index contributed by atoms with van der Waals surface area (Å²) in [6.07, 6.45) is 0.915. The average Bonchev–Trinajstić information content (AvgIpc) is 3.36. The van der Waals surface area contributed by atoms with Crippen molar-refractivity contribution in [1.82, 2.24) is 5.16 Å². The first kappa shape index (κ1) is 28.8. The van der Waals surface area contributed by atoms with Gasteiger partial charge in [0, 0.05) is 0 Å². The van der Waals surface area contributed by atoms with Crippen molar-refractivity contribution in [1.29, 1.82) is 0 Å². The van der Waals surface area contributed by atoms with Crippen molar-refractivity contribution in [3.8, 4) is 0 Å². The van der Waals surface area contributed by atoms with E-state index in [1.54, 1.807) is 38.1 Å². The Hall–Kier alpha value is -3.23. The van der Waals surface area contributed by atoms with Gasteiger partial charge in [-0.3, -0.25) is 4.57 Å². The molecule has 3 aromatic carbocycles. The van der Waals surface area contributed by atoms with Crippen LogP contribution in [-0.4, -0.2) is 26.8 Å². The molecule has 10 heteroatoms. The number of anilines is 1. The number of hydrogen-bond acceptors (Lipinski definition) is 7. The van der Waals surface area contributed by atoms with E-state index < -0.39 is 17.6 Å². The lowest BCUT2D eigenvalue weighted by Crippen LogP contribution is -2.34. The molecule has 206 valence electrons. The Morgan fingerprint density at radius 2 is 1.38 bits per heavy atom. The van der Waals surface area contributed by atoms with Gasteiger partial charge in [0.25, 0.3) is 15.9 Å². The Kier molecular flexibility index (Phi) is 9.40. The van der Waals surface area contributed by atoms with Gasteiger partial charge in [-0.2, -0.15) is 0 Å². The van der Waals surface area contributed by atoms with Crippen LogP contribution in [0.4, 0.5) is 5.88 Å². The van der Waals surface area contributed by atoms with Crippen molar-refractivity contribution < 1.29 is 26.6 Å². The molecule has 0 amide bonds. The van der Waals surface area contributed by atoms with Crippen LogP contribution in [0.25, 0.3) is 0 Å². The lowest BCUT2D eigenvalue weighted by molar-refractivity contribution is 0.229. The zero-order valence-electron chi connectivity index (χ0n) is 22.3. The monoisotopic (exact) mass is 568 g/mol. The SMILES string of the molecule is CCOP(=O)(OCC)c1c(CCc2ccccc2)noc1N(Cc1ccccc1)S(=O)(=O)c1ccc(C)cc1. The molecule has 4 aromatic rings. The van der Waals surface area contributed by atoms with Gasteiger partial charge in [0.1, 0.15) is 5.69 Å². The molecule has 0 saturated carbocycles. The molecule has 0 aliphatic heterocycles. The molecular formula is C29H33N2O6PS. The normalized spacial score (nSPS) is 12.0. The van der Waals surface area contributed by atoms with E-state index >= 15 is 0 Å². The summed E-state index contributed by atoms with van der Waals surface area (Å²) in [6.45, 7) is 5.38. The number of benzene rings is 3. The van der Waals surface area contributed by atoms with Crippen LogP contribution in [0.3, 0.4) is 0 Å². The van der Waals surface area contributed by atoms with Gasteiger partial charge in [0.05, 0.1) is 24.7 Å². The summed E-state index contributed by atoms with van der Waals surface area (Å²) in [5.41, 5.74) is 3.01. The standard InChI is InChI=1S/C29H33N2O6PS/c1-4-35-38(32,36-5-2)28-27(21-18-24-12-8-6-9-13-24)30-37-29(28)31(22-25-14-10-7-11-15-25)39(33,34)26-19-16-23(3)17-20-26/h6-17,19-20H,4-5,18,21-22H2,1-3H3. The minimum atomic E-state index is -4.17. The van der Waals surface area contributed by atoms with Crippen molar-refractivity contribution in [3.05, 3.63) is 107 Å². The Bertz CT molecular complexity index is 1500. The number of rotatable bonds is 13. The molecule has 0 aliphatic rings. The topological polar surface area (TPSA) is 98.9 Å². The van der Waals surface area contributed by atoms with Crippen LogP contribution >= 0.6 is 7.60 Å². The van der Waals surface area contributed by atoms with Crippen LogP contribution in [0.2, 0.25) is 0 Å². The second-order valence-electron chi connectivity index (χ2n) is 8.91. The number of nitrogens with zero attached hydrogens (tertiary/aromatic N) is 2. The third-order valence-corrected chi connectivity index (χ3v) is 10.0. The minimum Gasteiger partial charge on any atom is -0.336 e. The Morgan fingerprint density at radius 3 is 1.95 bits per heavy atom. The quantitative estimate of drug-likeness (QED) is 0.181. The van der Waals surface area contributed by atoms with Gasteiger partial charge in [-0.15, -0.1) is 0 Å². The summed E-state index contributed by atoms with van der Waals surface area (Å²) in [5.74, 6) is -0.173. The first-order valence-corrected chi connectivity index (χ1v) is 15.8. The third-order valence-electron chi connectivity index (χ3n) is 6.09. The molecule has 0 saturated heterocycles. The molecule has 0 N–H and O–H groups in total. The van der Waals surface area contributed by atoms with E-state index in [9.17, 15) is 13.0 Å². The molecule has 0 fully saturated rings. The molecule has 1 aromatic heterocycles. The highest BCUT2D eigenvalue weighted by molar-refractivity contribution is 7.92. The number of aromatic nitrogens is 1. The molecule has 0 spiro atoms. The van der Waals surface area contributed by atoms with E-state index in [0.717, 1.165) is 15.4 Å². The number of aryl methyl sites for hydroxylation is 3. The average molecular weight is 569 g/mol. The molecule has 0 unspecified atom stereocenters. The van der Waals surface area contributed by atoms with Gasteiger partial charge in [-0.05, 0) is 56.9 Å². The predicted molar refractivity (Wildman–Crippen MR) is 152 cm³/mol. The van der Waals surface area contributed by atoms with E-state index in [-0.39, 0.29) is 35.8 Å². The molecule has 0 aliphatic carbocycles. The van der Waals surface area contributed by atoms with Crippen molar-refractivity contribution >= 4 is 28.8 Å². The fourth-order valence-electron chi connectivity index (χ4n) is 4.18. The predicted octanol–water partition coefficient (Wildman–Crippen LogP) is 6.06. The second kappa shape index (κ2) is 12.7. The third kappa shape index (κ3) is 6.68. The van der Waals surface area contributed by atoms with Crippen LogP contribution in [0.5, 0.6) is 0 Å². The van der Waals surface area contributed by atoms with Crippen LogP contribution in [0, 0.1) is 6.92 Å². The van der Waals surface area contributed by atoms with Gasteiger partial charge >= 0.3 is 7.60 Å². The molecule has 1 heterocycles. The molecule has 8 nitrogen and oxygen atoms in total. The van der Waals surface area contributed by atoms with Gasteiger partial charge in [-0.25, -0.2) is 12.7 Å².